The van der Waals surface area contributed by atoms with Crippen molar-refractivity contribution >= 4 is 21.4 Å². The molecule has 2 aliphatic rings. The van der Waals surface area contributed by atoms with Gasteiger partial charge in [-0.15, -0.1) is 11.3 Å². The number of phenolic OH excluding ortho intramolecular Hbond substituents is 1. The van der Waals surface area contributed by atoms with E-state index in [2.05, 4.69) is 58.3 Å². The number of hydrogen-bond donors (Lipinski definition) is 1. The molecule has 0 unspecified atom stereocenters. The number of likely N-dealkylation sites (tertiary alicyclic amines) is 2. The molecule has 38 heavy (non-hydrogen) atoms. The van der Waals surface area contributed by atoms with Gasteiger partial charge in [-0.25, -0.2) is 0 Å². The van der Waals surface area contributed by atoms with E-state index in [0.29, 0.717) is 5.75 Å². The molecule has 2 aliphatic heterocycles. The molecule has 1 aromatic heterocycles. The number of fused-ring (bicyclic) bond motifs is 1. The Labute approximate surface area is 230 Å². The highest BCUT2D eigenvalue weighted by Gasteiger charge is 2.18. The van der Waals surface area contributed by atoms with Crippen molar-refractivity contribution in [2.45, 2.75) is 45.1 Å². The van der Waals surface area contributed by atoms with Crippen LogP contribution in [0.25, 0.3) is 20.5 Å². The molecule has 6 rings (SSSR count). The first-order valence-electron chi connectivity index (χ1n) is 14.1. The smallest absolute Gasteiger partial charge is 0.123 e. The van der Waals surface area contributed by atoms with Crippen molar-refractivity contribution in [3.05, 3.63) is 82.9 Å². The van der Waals surface area contributed by atoms with Crippen molar-refractivity contribution in [1.82, 2.24) is 9.80 Å². The molecule has 0 saturated carbocycles. The van der Waals surface area contributed by atoms with E-state index < -0.39 is 0 Å². The number of rotatable bonds is 9. The highest BCUT2D eigenvalue weighted by Crippen LogP contribution is 2.41. The zero-order chi connectivity index (χ0) is 25.9. The molecular weight excluding hydrogens is 488 g/mol. The normalized spacial score (nSPS) is 16.6. The minimum atomic E-state index is 0.321. The van der Waals surface area contributed by atoms with Crippen LogP contribution in [0.3, 0.4) is 0 Å². The topological polar surface area (TPSA) is 35.9 Å². The molecule has 3 heterocycles. The third-order valence-corrected chi connectivity index (χ3v) is 9.48. The summed E-state index contributed by atoms with van der Waals surface area (Å²) in [5.74, 6) is 1.30. The molecule has 2 fully saturated rings. The monoisotopic (exact) mass is 526 g/mol. The quantitative estimate of drug-likeness (QED) is 0.252. The van der Waals surface area contributed by atoms with Gasteiger partial charge in [-0.05, 0) is 117 Å². The summed E-state index contributed by atoms with van der Waals surface area (Å²) in [6.45, 7) is 6.97. The summed E-state index contributed by atoms with van der Waals surface area (Å²) in [5.41, 5.74) is 6.50. The van der Waals surface area contributed by atoms with Crippen LogP contribution in [-0.4, -0.2) is 54.7 Å². The van der Waals surface area contributed by atoms with Gasteiger partial charge in [0.25, 0.3) is 0 Å². The highest BCUT2D eigenvalue weighted by molar-refractivity contribution is 7.22. The fourth-order valence-electron chi connectivity index (χ4n) is 6.08. The minimum absolute atomic E-state index is 0.321. The van der Waals surface area contributed by atoms with Crippen LogP contribution in [-0.2, 0) is 19.4 Å². The Hall–Kier alpha value is -2.86. The van der Waals surface area contributed by atoms with Crippen LogP contribution in [0.2, 0.25) is 0 Å². The summed E-state index contributed by atoms with van der Waals surface area (Å²) in [7, 11) is 1.78. The molecule has 0 amide bonds. The maximum Gasteiger partial charge on any atom is 0.123 e. The van der Waals surface area contributed by atoms with Crippen LogP contribution >= 0.6 is 11.3 Å². The average Bonchev–Trinajstić information content (AvgIpc) is 3.71. The third kappa shape index (κ3) is 5.61. The zero-order valence-electron chi connectivity index (χ0n) is 22.4. The van der Waals surface area contributed by atoms with Gasteiger partial charge in [0.1, 0.15) is 11.5 Å². The van der Waals surface area contributed by atoms with Gasteiger partial charge in [0.15, 0.2) is 0 Å². The van der Waals surface area contributed by atoms with Gasteiger partial charge in [0.2, 0.25) is 0 Å². The van der Waals surface area contributed by atoms with Crippen LogP contribution in [0.5, 0.6) is 11.5 Å². The first-order chi connectivity index (χ1) is 18.7. The summed E-state index contributed by atoms with van der Waals surface area (Å²) in [4.78, 5) is 6.38. The van der Waals surface area contributed by atoms with Gasteiger partial charge in [-0.2, -0.15) is 0 Å². The van der Waals surface area contributed by atoms with Crippen LogP contribution in [0.1, 0.15) is 47.9 Å². The molecule has 0 radical (unpaired) electrons. The lowest BCUT2D eigenvalue weighted by Gasteiger charge is -2.18. The number of nitrogens with zero attached hydrogens (tertiary/aromatic N) is 2. The van der Waals surface area contributed by atoms with Crippen molar-refractivity contribution in [3.63, 3.8) is 0 Å². The maximum absolute atomic E-state index is 10.2. The Bertz CT molecular complexity index is 1380. The van der Waals surface area contributed by atoms with Crippen molar-refractivity contribution < 1.29 is 9.84 Å². The van der Waals surface area contributed by atoms with Crippen molar-refractivity contribution in [3.8, 4) is 21.9 Å². The molecule has 0 atom stereocenters. The molecule has 198 valence electrons. The van der Waals surface area contributed by atoms with Gasteiger partial charge in [0.05, 0.1) is 7.11 Å². The molecule has 4 nitrogen and oxygen atoms in total. The van der Waals surface area contributed by atoms with Crippen molar-refractivity contribution in [2.24, 2.45) is 0 Å². The van der Waals surface area contributed by atoms with E-state index in [-0.39, 0.29) is 0 Å². The molecule has 1 N–H and O–H groups in total. The predicted molar refractivity (Wildman–Crippen MR) is 159 cm³/mol. The SMILES string of the molecule is COc1cc(Cc2c(-c3ccc(CCN4CCCC4)cc3)sc3cc(O)ccc23)ccc1CN1CCCC1. The van der Waals surface area contributed by atoms with Crippen LogP contribution in [0.15, 0.2) is 60.7 Å². The summed E-state index contributed by atoms with van der Waals surface area (Å²) in [5, 5.41) is 11.4. The summed E-state index contributed by atoms with van der Waals surface area (Å²) < 4.78 is 6.98. The lowest BCUT2D eigenvalue weighted by molar-refractivity contribution is 0.321. The van der Waals surface area contributed by atoms with Crippen LogP contribution in [0, 0.1) is 0 Å². The van der Waals surface area contributed by atoms with E-state index >= 15 is 0 Å². The third-order valence-electron chi connectivity index (χ3n) is 8.23. The summed E-state index contributed by atoms with van der Waals surface area (Å²) >= 11 is 1.78. The predicted octanol–water partition coefficient (Wildman–Crippen LogP) is 7.11. The molecular formula is C33H38N2O2S. The number of methoxy groups -OCH3 is 1. The highest BCUT2D eigenvalue weighted by atomic mass is 32.1. The van der Waals surface area contributed by atoms with Gasteiger partial charge < -0.3 is 14.7 Å². The fourth-order valence-corrected chi connectivity index (χ4v) is 7.34. The van der Waals surface area contributed by atoms with E-state index in [1.807, 2.05) is 12.1 Å². The standard InChI is InChI=1S/C33H38N2O2S/c1-37-31-21-25(8-11-27(31)23-35-17-4-5-18-35)20-30-29-13-12-28(36)22-32(29)38-33(30)26-9-6-24(7-10-26)14-19-34-15-2-3-16-34/h6-13,21-22,36H,2-5,14-20,23H2,1H3. The van der Waals surface area contributed by atoms with Gasteiger partial charge in [0, 0.05) is 28.2 Å². The number of benzene rings is 3. The molecule has 0 bridgehead atoms. The van der Waals surface area contributed by atoms with Gasteiger partial charge in [-0.1, -0.05) is 36.4 Å². The second-order valence-corrected chi connectivity index (χ2v) is 11.9. The molecule has 2 saturated heterocycles. The summed E-state index contributed by atoms with van der Waals surface area (Å²) in [6.07, 6.45) is 7.22. The number of aromatic hydroxyl groups is 1. The fraction of sp³-hybridized carbons (Fsp3) is 0.394. The van der Waals surface area contributed by atoms with Crippen LogP contribution < -0.4 is 4.74 Å². The molecule has 0 spiro atoms. The lowest BCUT2D eigenvalue weighted by Crippen LogP contribution is -2.21. The number of ether oxygens (including phenoxy) is 1. The van der Waals surface area contributed by atoms with Crippen molar-refractivity contribution in [1.29, 1.82) is 0 Å². The number of hydrogen-bond acceptors (Lipinski definition) is 5. The van der Waals surface area contributed by atoms with Crippen molar-refractivity contribution in [2.75, 3.05) is 39.8 Å². The second-order valence-electron chi connectivity index (χ2n) is 10.9. The molecule has 0 aliphatic carbocycles. The maximum atomic E-state index is 10.2. The van der Waals surface area contributed by atoms with Gasteiger partial charge in [-0.3, -0.25) is 4.90 Å². The largest absolute Gasteiger partial charge is 0.508 e. The Balaban J connectivity index is 1.28. The zero-order valence-corrected chi connectivity index (χ0v) is 23.2. The van der Waals surface area contributed by atoms with E-state index in [1.54, 1.807) is 18.4 Å². The van der Waals surface area contributed by atoms with E-state index in [9.17, 15) is 5.11 Å². The van der Waals surface area contributed by atoms with Crippen LogP contribution in [0.4, 0.5) is 0 Å². The average molecular weight is 527 g/mol. The Morgan fingerprint density at radius 1 is 0.816 bits per heavy atom. The second kappa shape index (κ2) is 11.5. The first-order valence-corrected chi connectivity index (χ1v) is 14.9. The van der Waals surface area contributed by atoms with E-state index in [1.165, 1.54) is 89.9 Å². The summed E-state index contributed by atoms with van der Waals surface area (Å²) in [6, 6.07) is 21.7. The van der Waals surface area contributed by atoms with E-state index in [4.69, 9.17) is 4.74 Å². The molecule has 3 aromatic carbocycles. The lowest BCUT2D eigenvalue weighted by atomic mass is 9.97. The molecule has 5 heteroatoms. The Morgan fingerprint density at radius 3 is 2.26 bits per heavy atom. The minimum Gasteiger partial charge on any atom is -0.508 e. The first kappa shape index (κ1) is 25.4. The van der Waals surface area contributed by atoms with E-state index in [0.717, 1.165) is 36.4 Å². The molecule has 4 aromatic rings. The van der Waals surface area contributed by atoms with Gasteiger partial charge >= 0.3 is 0 Å². The number of phenols is 1. The Morgan fingerprint density at radius 2 is 1.53 bits per heavy atom. The Kier molecular flexibility index (Phi) is 7.68. The number of thiophene rings is 1.